The van der Waals surface area contributed by atoms with Crippen molar-refractivity contribution in [1.82, 2.24) is 0 Å². The molecule has 182 valence electrons. The van der Waals surface area contributed by atoms with E-state index in [0.717, 1.165) is 28.8 Å². The lowest BCUT2D eigenvalue weighted by molar-refractivity contribution is -0.136. The predicted octanol–water partition coefficient (Wildman–Crippen LogP) is 6.67. The van der Waals surface area contributed by atoms with Crippen molar-refractivity contribution in [2.24, 2.45) is 11.1 Å². The number of benzene rings is 3. The summed E-state index contributed by atoms with van der Waals surface area (Å²) in [5, 5.41) is 13.6. The SMILES string of the molecule is Cc1c(CC(=O)O)cccc1OCCON=C(CC1CCCC1)c1ccc(-c2ccccc2)cc1. The molecule has 1 fully saturated rings. The van der Waals surface area contributed by atoms with Crippen LogP contribution in [0.5, 0.6) is 5.75 Å². The number of aliphatic carboxylic acids is 1. The third-order valence-corrected chi connectivity index (χ3v) is 6.63. The van der Waals surface area contributed by atoms with E-state index in [1.165, 1.54) is 36.8 Å². The van der Waals surface area contributed by atoms with Gasteiger partial charge in [0.05, 0.1) is 12.1 Å². The van der Waals surface area contributed by atoms with Crippen molar-refractivity contribution in [1.29, 1.82) is 0 Å². The molecule has 1 saturated carbocycles. The fourth-order valence-electron chi connectivity index (χ4n) is 4.66. The number of carboxylic acids is 1. The molecule has 3 aromatic rings. The molecule has 1 N–H and O–H groups in total. The van der Waals surface area contributed by atoms with Gasteiger partial charge in [-0.1, -0.05) is 97.6 Å². The predicted molar refractivity (Wildman–Crippen MR) is 139 cm³/mol. The molecule has 0 aromatic heterocycles. The monoisotopic (exact) mass is 471 g/mol. The van der Waals surface area contributed by atoms with Gasteiger partial charge in [-0.25, -0.2) is 0 Å². The van der Waals surface area contributed by atoms with Crippen LogP contribution in [0.1, 0.15) is 48.8 Å². The van der Waals surface area contributed by atoms with Crippen LogP contribution >= 0.6 is 0 Å². The van der Waals surface area contributed by atoms with E-state index in [9.17, 15) is 4.79 Å². The highest BCUT2D eigenvalue weighted by Gasteiger charge is 2.19. The Balaban J connectivity index is 1.39. The number of nitrogens with zero attached hydrogens (tertiary/aromatic N) is 1. The largest absolute Gasteiger partial charge is 0.490 e. The van der Waals surface area contributed by atoms with E-state index < -0.39 is 5.97 Å². The Hall–Kier alpha value is -3.60. The van der Waals surface area contributed by atoms with Crippen molar-refractivity contribution in [2.45, 2.75) is 45.4 Å². The van der Waals surface area contributed by atoms with E-state index in [1.54, 1.807) is 0 Å². The van der Waals surface area contributed by atoms with Gasteiger partial charge in [-0.2, -0.15) is 0 Å². The third kappa shape index (κ3) is 6.95. The fourth-order valence-corrected chi connectivity index (χ4v) is 4.66. The molecule has 4 rings (SSSR count). The number of hydrogen-bond acceptors (Lipinski definition) is 4. The zero-order valence-electron chi connectivity index (χ0n) is 20.3. The molecule has 0 aliphatic heterocycles. The molecule has 0 amide bonds. The molecule has 0 heterocycles. The molecule has 0 saturated heterocycles. The van der Waals surface area contributed by atoms with Gasteiger partial charge in [0.25, 0.3) is 0 Å². The number of oxime groups is 1. The summed E-state index contributed by atoms with van der Waals surface area (Å²) < 4.78 is 5.86. The highest BCUT2D eigenvalue weighted by molar-refractivity contribution is 6.00. The zero-order valence-corrected chi connectivity index (χ0v) is 20.3. The van der Waals surface area contributed by atoms with E-state index in [2.05, 4.69) is 53.7 Å². The lowest BCUT2D eigenvalue weighted by Gasteiger charge is -2.14. The lowest BCUT2D eigenvalue weighted by Crippen LogP contribution is -2.11. The molecular formula is C30H33NO4. The second kappa shape index (κ2) is 12.2. The van der Waals surface area contributed by atoms with E-state index in [0.29, 0.717) is 24.9 Å². The third-order valence-electron chi connectivity index (χ3n) is 6.63. The Morgan fingerprint density at radius 2 is 1.63 bits per heavy atom. The lowest BCUT2D eigenvalue weighted by atomic mass is 9.95. The Kier molecular flexibility index (Phi) is 8.55. The van der Waals surface area contributed by atoms with Gasteiger partial charge in [0.2, 0.25) is 0 Å². The second-order valence-electron chi connectivity index (χ2n) is 9.13. The molecule has 3 aromatic carbocycles. The van der Waals surface area contributed by atoms with E-state index in [1.807, 2.05) is 31.2 Å². The van der Waals surface area contributed by atoms with Crippen LogP contribution in [0, 0.1) is 12.8 Å². The minimum atomic E-state index is -0.852. The quantitative estimate of drug-likeness (QED) is 0.193. The molecular weight excluding hydrogens is 438 g/mol. The van der Waals surface area contributed by atoms with E-state index >= 15 is 0 Å². The van der Waals surface area contributed by atoms with Gasteiger partial charge >= 0.3 is 5.97 Å². The van der Waals surface area contributed by atoms with Crippen LogP contribution < -0.4 is 4.74 Å². The van der Waals surface area contributed by atoms with Gasteiger partial charge in [0.1, 0.15) is 12.4 Å². The van der Waals surface area contributed by atoms with Crippen molar-refractivity contribution in [2.75, 3.05) is 13.2 Å². The molecule has 5 heteroatoms. The van der Waals surface area contributed by atoms with Crippen LogP contribution in [-0.4, -0.2) is 30.0 Å². The van der Waals surface area contributed by atoms with Crippen molar-refractivity contribution < 1.29 is 19.5 Å². The number of ether oxygens (including phenoxy) is 1. The number of rotatable bonds is 11. The minimum Gasteiger partial charge on any atom is -0.490 e. The summed E-state index contributed by atoms with van der Waals surface area (Å²) in [7, 11) is 0. The summed E-state index contributed by atoms with van der Waals surface area (Å²) in [5.41, 5.74) is 6.06. The molecule has 0 radical (unpaired) electrons. The molecule has 1 aliphatic carbocycles. The van der Waals surface area contributed by atoms with Crippen LogP contribution in [0.4, 0.5) is 0 Å². The summed E-state index contributed by atoms with van der Waals surface area (Å²) in [5.74, 6) is 0.482. The van der Waals surface area contributed by atoms with Crippen LogP contribution in [0.3, 0.4) is 0 Å². The molecule has 1 aliphatic rings. The first-order valence-corrected chi connectivity index (χ1v) is 12.4. The first kappa shape index (κ1) is 24.5. The van der Waals surface area contributed by atoms with E-state index in [-0.39, 0.29) is 6.42 Å². The summed E-state index contributed by atoms with van der Waals surface area (Å²) in [6.07, 6.45) is 5.98. The Bertz CT molecular complexity index is 1130. The topological polar surface area (TPSA) is 68.1 Å². The van der Waals surface area contributed by atoms with Gasteiger partial charge < -0.3 is 14.7 Å². The summed E-state index contributed by atoms with van der Waals surface area (Å²) >= 11 is 0. The number of carbonyl (C=O) groups is 1. The minimum absolute atomic E-state index is 0.0165. The average molecular weight is 472 g/mol. The number of carboxylic acid groups (broad SMARTS) is 1. The van der Waals surface area contributed by atoms with Gasteiger partial charge in [-0.3, -0.25) is 4.79 Å². The smallest absolute Gasteiger partial charge is 0.307 e. The zero-order chi connectivity index (χ0) is 24.5. The van der Waals surface area contributed by atoms with Gasteiger partial charge in [0.15, 0.2) is 6.61 Å². The average Bonchev–Trinajstić information content (AvgIpc) is 3.39. The van der Waals surface area contributed by atoms with Crippen molar-refractivity contribution in [3.05, 3.63) is 89.5 Å². The van der Waals surface area contributed by atoms with Gasteiger partial charge in [-0.15, -0.1) is 0 Å². The Morgan fingerprint density at radius 1 is 0.914 bits per heavy atom. The van der Waals surface area contributed by atoms with Crippen molar-refractivity contribution >= 4 is 11.7 Å². The fraction of sp³-hybridized carbons (Fsp3) is 0.333. The van der Waals surface area contributed by atoms with Gasteiger partial charge in [0, 0.05) is 0 Å². The molecule has 0 atom stereocenters. The Morgan fingerprint density at radius 3 is 2.34 bits per heavy atom. The molecule has 0 unspecified atom stereocenters. The molecule has 0 spiro atoms. The maximum absolute atomic E-state index is 11.1. The van der Waals surface area contributed by atoms with Crippen LogP contribution in [0.2, 0.25) is 0 Å². The highest BCUT2D eigenvalue weighted by Crippen LogP contribution is 2.30. The molecule has 5 nitrogen and oxygen atoms in total. The van der Waals surface area contributed by atoms with Crippen LogP contribution in [-0.2, 0) is 16.1 Å². The van der Waals surface area contributed by atoms with Crippen molar-refractivity contribution in [3.63, 3.8) is 0 Å². The highest BCUT2D eigenvalue weighted by atomic mass is 16.6. The van der Waals surface area contributed by atoms with Crippen LogP contribution in [0.15, 0.2) is 78.0 Å². The summed E-state index contributed by atoms with van der Waals surface area (Å²) in [6.45, 7) is 2.54. The standard InChI is InChI=1S/C30H33NO4/c1-22-27(21-30(32)33)12-7-13-29(22)34-18-19-35-31-28(20-23-8-5-6-9-23)26-16-14-25(15-17-26)24-10-3-2-4-11-24/h2-4,7,10-17,23H,5-6,8-9,18-21H2,1H3,(H,32,33). The maximum atomic E-state index is 11.1. The maximum Gasteiger partial charge on any atom is 0.307 e. The van der Waals surface area contributed by atoms with Crippen LogP contribution in [0.25, 0.3) is 11.1 Å². The van der Waals surface area contributed by atoms with Crippen molar-refractivity contribution in [3.8, 4) is 16.9 Å². The second-order valence-corrected chi connectivity index (χ2v) is 9.13. The summed E-state index contributed by atoms with van der Waals surface area (Å²) in [4.78, 5) is 16.8. The molecule has 35 heavy (non-hydrogen) atoms. The normalized spacial score (nSPS) is 14.1. The first-order chi connectivity index (χ1) is 17.1. The Labute approximate surface area is 207 Å². The molecule has 0 bridgehead atoms. The number of hydrogen-bond donors (Lipinski definition) is 1. The first-order valence-electron chi connectivity index (χ1n) is 12.4. The summed E-state index contributed by atoms with van der Waals surface area (Å²) in [6, 6.07) is 24.4. The van der Waals surface area contributed by atoms with Gasteiger partial charge in [-0.05, 0) is 53.1 Å². The van der Waals surface area contributed by atoms with E-state index in [4.69, 9.17) is 14.7 Å².